The second-order valence-corrected chi connectivity index (χ2v) is 5.58. The van der Waals surface area contributed by atoms with E-state index in [-0.39, 0.29) is 24.4 Å². The summed E-state index contributed by atoms with van der Waals surface area (Å²) in [5.74, 6) is 0.0239. The summed E-state index contributed by atoms with van der Waals surface area (Å²) in [7, 11) is 0. The highest BCUT2D eigenvalue weighted by atomic mass is 16.2. The number of fused-ring (bicyclic) bond motifs is 1. The first kappa shape index (κ1) is 14.5. The highest BCUT2D eigenvalue weighted by Gasteiger charge is 2.22. The zero-order chi connectivity index (χ0) is 15.5. The number of hydrogen-bond donors (Lipinski definition) is 1. The van der Waals surface area contributed by atoms with Crippen molar-refractivity contribution in [3.05, 3.63) is 24.3 Å². The van der Waals surface area contributed by atoms with Crippen LogP contribution >= 0.6 is 0 Å². The lowest BCUT2D eigenvalue weighted by Crippen LogP contribution is -2.46. The number of piperidine rings is 1. The van der Waals surface area contributed by atoms with Crippen molar-refractivity contribution in [3.63, 3.8) is 0 Å². The molecule has 0 aliphatic carbocycles. The van der Waals surface area contributed by atoms with E-state index < -0.39 is 0 Å². The summed E-state index contributed by atoms with van der Waals surface area (Å²) in [4.78, 5) is 25.3. The molecule has 2 aromatic rings. The van der Waals surface area contributed by atoms with Gasteiger partial charge in [-0.25, -0.2) is 4.68 Å². The fraction of sp³-hybridized carbons (Fsp3) is 0.467. The summed E-state index contributed by atoms with van der Waals surface area (Å²) < 4.78 is 1.61. The minimum atomic E-state index is -0.0723. The summed E-state index contributed by atoms with van der Waals surface area (Å²) in [6, 6.07) is 7.68. The number of carbonyl (C=O) groups excluding carboxylic acids is 2. The number of hydrogen-bond acceptors (Lipinski definition) is 4. The van der Waals surface area contributed by atoms with Crippen LogP contribution in [0.1, 0.15) is 19.8 Å². The average Bonchev–Trinajstić information content (AvgIpc) is 2.91. The first-order chi connectivity index (χ1) is 10.6. The highest BCUT2D eigenvalue weighted by Crippen LogP contribution is 2.12. The Labute approximate surface area is 128 Å². The number of rotatable bonds is 3. The third kappa shape index (κ3) is 3.08. The molecule has 1 fully saturated rings. The average molecular weight is 301 g/mol. The molecule has 116 valence electrons. The molecule has 1 aliphatic heterocycles. The Hall–Kier alpha value is -2.44. The molecule has 0 atom stereocenters. The maximum Gasteiger partial charge on any atom is 0.242 e. The van der Waals surface area contributed by atoms with Gasteiger partial charge in [0.15, 0.2) is 0 Å². The molecule has 0 radical (unpaired) electrons. The second-order valence-electron chi connectivity index (χ2n) is 5.58. The van der Waals surface area contributed by atoms with Gasteiger partial charge in [0.05, 0.1) is 5.52 Å². The largest absolute Gasteiger partial charge is 0.352 e. The molecule has 3 rings (SSSR count). The Morgan fingerprint density at radius 1 is 1.27 bits per heavy atom. The topological polar surface area (TPSA) is 80.1 Å². The second kappa shape index (κ2) is 6.13. The Kier molecular flexibility index (Phi) is 4.04. The summed E-state index contributed by atoms with van der Waals surface area (Å²) in [6.45, 7) is 3.14. The first-order valence-electron chi connectivity index (χ1n) is 7.46. The van der Waals surface area contributed by atoms with Crippen molar-refractivity contribution in [1.29, 1.82) is 0 Å². The number of aromatic nitrogens is 3. The molecule has 1 N–H and O–H groups in total. The normalized spacial score (nSPS) is 16.0. The number of likely N-dealkylation sites (tertiary alicyclic amines) is 1. The molecule has 0 saturated carbocycles. The van der Waals surface area contributed by atoms with Crippen LogP contribution in [0.15, 0.2) is 24.3 Å². The number of nitrogens with zero attached hydrogens (tertiary/aromatic N) is 4. The molecule has 2 heterocycles. The molecule has 0 spiro atoms. The zero-order valence-electron chi connectivity index (χ0n) is 12.5. The van der Waals surface area contributed by atoms with Crippen molar-refractivity contribution in [2.45, 2.75) is 32.4 Å². The van der Waals surface area contributed by atoms with E-state index in [1.807, 2.05) is 29.2 Å². The molecular formula is C15H19N5O2. The van der Waals surface area contributed by atoms with Crippen LogP contribution in [0.2, 0.25) is 0 Å². The van der Waals surface area contributed by atoms with Crippen LogP contribution in [0.25, 0.3) is 11.0 Å². The van der Waals surface area contributed by atoms with Crippen molar-refractivity contribution in [1.82, 2.24) is 25.2 Å². The predicted molar refractivity (Wildman–Crippen MR) is 80.9 cm³/mol. The van der Waals surface area contributed by atoms with Crippen LogP contribution in [-0.4, -0.2) is 50.8 Å². The molecule has 0 unspecified atom stereocenters. The standard InChI is InChI=1S/C15H19N5O2/c1-11(21)19-8-6-12(7-9-19)16-15(22)10-20-14-5-3-2-4-13(14)17-18-20/h2-5,12H,6-10H2,1H3,(H,16,22). The van der Waals surface area contributed by atoms with Gasteiger partial charge in [-0.05, 0) is 25.0 Å². The third-order valence-corrected chi connectivity index (χ3v) is 4.02. The van der Waals surface area contributed by atoms with Crippen molar-refractivity contribution in [2.75, 3.05) is 13.1 Å². The van der Waals surface area contributed by atoms with Crippen LogP contribution in [0, 0.1) is 0 Å². The maximum absolute atomic E-state index is 12.2. The van der Waals surface area contributed by atoms with Crippen LogP contribution in [0.4, 0.5) is 0 Å². The van der Waals surface area contributed by atoms with Crippen molar-refractivity contribution >= 4 is 22.8 Å². The summed E-state index contributed by atoms with van der Waals surface area (Å²) >= 11 is 0. The van der Waals surface area contributed by atoms with Gasteiger partial charge in [-0.15, -0.1) is 5.10 Å². The van der Waals surface area contributed by atoms with E-state index >= 15 is 0 Å². The molecular weight excluding hydrogens is 282 g/mol. The molecule has 7 nitrogen and oxygen atoms in total. The zero-order valence-corrected chi connectivity index (χ0v) is 12.5. The van der Waals surface area contributed by atoms with Gasteiger partial charge in [-0.1, -0.05) is 17.3 Å². The van der Waals surface area contributed by atoms with Crippen LogP contribution in [-0.2, 0) is 16.1 Å². The first-order valence-corrected chi connectivity index (χ1v) is 7.46. The van der Waals surface area contributed by atoms with Crippen molar-refractivity contribution < 1.29 is 9.59 Å². The monoisotopic (exact) mass is 301 g/mol. The Bertz CT molecular complexity index is 688. The third-order valence-electron chi connectivity index (χ3n) is 4.02. The molecule has 2 amide bonds. The Balaban J connectivity index is 1.56. The van der Waals surface area contributed by atoms with E-state index in [0.717, 1.165) is 23.9 Å². The van der Waals surface area contributed by atoms with E-state index in [2.05, 4.69) is 15.6 Å². The molecule has 1 aromatic carbocycles. The van der Waals surface area contributed by atoms with Crippen LogP contribution in [0.5, 0.6) is 0 Å². The molecule has 0 bridgehead atoms. The Morgan fingerprint density at radius 3 is 2.73 bits per heavy atom. The fourth-order valence-corrected chi connectivity index (χ4v) is 2.78. The minimum absolute atomic E-state index is 0.0723. The van der Waals surface area contributed by atoms with Crippen molar-refractivity contribution in [2.24, 2.45) is 0 Å². The van der Waals surface area contributed by atoms with Gasteiger partial charge in [0.2, 0.25) is 11.8 Å². The number of amides is 2. The van der Waals surface area contributed by atoms with E-state index in [0.29, 0.717) is 13.1 Å². The predicted octanol–water partition coefficient (Wildman–Crippen LogP) is 0.558. The van der Waals surface area contributed by atoms with E-state index in [4.69, 9.17) is 0 Å². The number of para-hydroxylation sites is 1. The van der Waals surface area contributed by atoms with Gasteiger partial charge in [0, 0.05) is 26.1 Å². The lowest BCUT2D eigenvalue weighted by molar-refractivity contribution is -0.130. The number of benzene rings is 1. The fourth-order valence-electron chi connectivity index (χ4n) is 2.78. The van der Waals surface area contributed by atoms with Crippen molar-refractivity contribution in [3.8, 4) is 0 Å². The van der Waals surface area contributed by atoms with E-state index in [9.17, 15) is 9.59 Å². The van der Waals surface area contributed by atoms with E-state index in [1.165, 1.54) is 0 Å². The summed E-state index contributed by atoms with van der Waals surface area (Å²) in [6.07, 6.45) is 1.59. The van der Waals surface area contributed by atoms with Gasteiger partial charge in [0.1, 0.15) is 12.1 Å². The van der Waals surface area contributed by atoms with Gasteiger partial charge in [0.25, 0.3) is 0 Å². The smallest absolute Gasteiger partial charge is 0.242 e. The highest BCUT2D eigenvalue weighted by molar-refractivity contribution is 5.80. The van der Waals surface area contributed by atoms with Crippen LogP contribution in [0.3, 0.4) is 0 Å². The van der Waals surface area contributed by atoms with Gasteiger partial charge in [-0.3, -0.25) is 9.59 Å². The molecule has 7 heteroatoms. The molecule has 1 aromatic heterocycles. The quantitative estimate of drug-likeness (QED) is 0.898. The summed E-state index contributed by atoms with van der Waals surface area (Å²) in [5, 5.41) is 11.1. The lowest BCUT2D eigenvalue weighted by Gasteiger charge is -2.31. The van der Waals surface area contributed by atoms with Gasteiger partial charge >= 0.3 is 0 Å². The van der Waals surface area contributed by atoms with Crippen LogP contribution < -0.4 is 5.32 Å². The molecule has 1 aliphatic rings. The molecule has 22 heavy (non-hydrogen) atoms. The summed E-state index contributed by atoms with van der Waals surface area (Å²) in [5.41, 5.74) is 1.63. The van der Waals surface area contributed by atoms with Gasteiger partial charge < -0.3 is 10.2 Å². The lowest BCUT2D eigenvalue weighted by atomic mass is 10.1. The SMILES string of the molecule is CC(=O)N1CCC(NC(=O)Cn2nnc3ccccc32)CC1. The minimum Gasteiger partial charge on any atom is -0.352 e. The number of carbonyl (C=O) groups is 2. The van der Waals surface area contributed by atoms with E-state index in [1.54, 1.807) is 11.6 Å². The van der Waals surface area contributed by atoms with Gasteiger partial charge in [-0.2, -0.15) is 0 Å². The number of nitrogens with one attached hydrogen (secondary N) is 1. The maximum atomic E-state index is 12.2. The molecule has 1 saturated heterocycles. The Morgan fingerprint density at radius 2 is 2.00 bits per heavy atom.